The molecule has 0 spiro atoms. The Bertz CT molecular complexity index is 164. The molecule has 0 aliphatic heterocycles. The van der Waals surface area contributed by atoms with Crippen LogP contribution in [-0.4, -0.2) is 68.4 Å². The Hall–Kier alpha value is -0.240. The van der Waals surface area contributed by atoms with E-state index in [1.807, 2.05) is 0 Å². The van der Waals surface area contributed by atoms with Gasteiger partial charge in [-0.3, -0.25) is 0 Å². The molecule has 104 valence electrons. The van der Waals surface area contributed by atoms with Crippen molar-refractivity contribution in [2.75, 3.05) is 46.8 Å². The zero-order valence-electron chi connectivity index (χ0n) is 10.5. The van der Waals surface area contributed by atoms with Crippen molar-refractivity contribution in [2.24, 2.45) is 11.8 Å². The first-order chi connectivity index (χ1) is 8.19. The van der Waals surface area contributed by atoms with Gasteiger partial charge in [-0.15, -0.1) is 0 Å². The van der Waals surface area contributed by atoms with Crippen LogP contribution in [0.5, 0.6) is 0 Å². The van der Waals surface area contributed by atoms with Crippen LogP contribution in [0.25, 0.3) is 0 Å². The summed E-state index contributed by atoms with van der Waals surface area (Å²) in [5.41, 5.74) is 0. The minimum absolute atomic E-state index is 0.0337. The van der Waals surface area contributed by atoms with Crippen LogP contribution >= 0.6 is 0 Å². The Morgan fingerprint density at radius 1 is 1.00 bits per heavy atom. The minimum Gasteiger partial charge on any atom is -0.396 e. The third kappa shape index (κ3) is 7.64. The molecular formula is C11H24O6. The topological polar surface area (TPSA) is 88.4 Å². The van der Waals surface area contributed by atoms with Crippen LogP contribution < -0.4 is 0 Å². The summed E-state index contributed by atoms with van der Waals surface area (Å²) in [6, 6.07) is 0. The van der Waals surface area contributed by atoms with E-state index in [-0.39, 0.29) is 44.9 Å². The highest BCUT2D eigenvalue weighted by atomic mass is 16.7. The van der Waals surface area contributed by atoms with Gasteiger partial charge in [0.2, 0.25) is 0 Å². The molecule has 0 aromatic carbocycles. The molecule has 3 unspecified atom stereocenters. The molecule has 0 saturated heterocycles. The van der Waals surface area contributed by atoms with Crippen LogP contribution in [0.3, 0.4) is 0 Å². The lowest BCUT2D eigenvalue weighted by atomic mass is 10.1. The fourth-order valence-corrected chi connectivity index (χ4v) is 1.25. The minimum atomic E-state index is -0.585. The van der Waals surface area contributed by atoms with Gasteiger partial charge in [-0.1, -0.05) is 6.92 Å². The summed E-state index contributed by atoms with van der Waals surface area (Å²) >= 11 is 0. The van der Waals surface area contributed by atoms with Gasteiger partial charge in [0.25, 0.3) is 0 Å². The van der Waals surface area contributed by atoms with Gasteiger partial charge in [0, 0.05) is 18.9 Å². The van der Waals surface area contributed by atoms with E-state index in [1.54, 1.807) is 14.0 Å². The smallest absolute Gasteiger partial charge is 0.162 e. The molecule has 0 aliphatic rings. The number of rotatable bonds is 11. The van der Waals surface area contributed by atoms with Crippen LogP contribution in [0.15, 0.2) is 0 Å². The quantitative estimate of drug-likeness (QED) is 0.418. The van der Waals surface area contributed by atoms with E-state index >= 15 is 0 Å². The van der Waals surface area contributed by atoms with E-state index in [9.17, 15) is 0 Å². The highest BCUT2D eigenvalue weighted by molar-refractivity contribution is 4.59. The predicted octanol–water partition coefficient (Wildman–Crippen LogP) is -0.779. The molecule has 3 N–H and O–H groups in total. The first-order valence-corrected chi connectivity index (χ1v) is 5.74. The second-order valence-electron chi connectivity index (χ2n) is 3.96. The zero-order chi connectivity index (χ0) is 13.1. The molecule has 17 heavy (non-hydrogen) atoms. The number of aliphatic hydroxyl groups is 3. The SMILES string of the molecule is COCC(CO)COC(OCCO)C(C)CO. The van der Waals surface area contributed by atoms with Gasteiger partial charge in [-0.2, -0.15) is 0 Å². The van der Waals surface area contributed by atoms with Gasteiger partial charge >= 0.3 is 0 Å². The molecule has 0 saturated carbocycles. The molecule has 6 heteroatoms. The molecule has 0 radical (unpaired) electrons. The van der Waals surface area contributed by atoms with Crippen molar-refractivity contribution in [1.82, 2.24) is 0 Å². The number of aliphatic hydroxyl groups excluding tert-OH is 3. The molecule has 0 rings (SSSR count). The molecule has 6 nitrogen and oxygen atoms in total. The standard InChI is InChI=1S/C11H24O6/c1-9(5-13)11(16-4-3-12)17-8-10(6-14)7-15-2/h9-14H,3-8H2,1-2H3. The van der Waals surface area contributed by atoms with Crippen molar-refractivity contribution in [1.29, 1.82) is 0 Å². The molecule has 0 aromatic heterocycles. The number of ether oxygens (including phenoxy) is 3. The molecule has 0 amide bonds. The third-order valence-corrected chi connectivity index (χ3v) is 2.28. The van der Waals surface area contributed by atoms with Crippen molar-refractivity contribution in [2.45, 2.75) is 13.2 Å². The fraction of sp³-hybridized carbons (Fsp3) is 1.00. The lowest BCUT2D eigenvalue weighted by Crippen LogP contribution is -2.32. The summed E-state index contributed by atoms with van der Waals surface area (Å²) in [5, 5.41) is 26.8. The van der Waals surface area contributed by atoms with E-state index in [2.05, 4.69) is 0 Å². The highest BCUT2D eigenvalue weighted by Gasteiger charge is 2.19. The second kappa shape index (κ2) is 10.9. The van der Waals surface area contributed by atoms with E-state index in [1.165, 1.54) is 0 Å². The lowest BCUT2D eigenvalue weighted by Gasteiger charge is -2.25. The number of hydrogen-bond donors (Lipinski definition) is 3. The zero-order valence-corrected chi connectivity index (χ0v) is 10.5. The van der Waals surface area contributed by atoms with E-state index in [0.29, 0.717) is 6.61 Å². The van der Waals surface area contributed by atoms with Crippen LogP contribution in [0.2, 0.25) is 0 Å². The summed E-state index contributed by atoms with van der Waals surface area (Å²) in [4.78, 5) is 0. The van der Waals surface area contributed by atoms with Crippen LogP contribution in [0.1, 0.15) is 6.92 Å². The first-order valence-electron chi connectivity index (χ1n) is 5.74. The average molecular weight is 252 g/mol. The Kier molecular flexibility index (Phi) is 10.7. The molecule has 0 aromatic rings. The highest BCUT2D eigenvalue weighted by Crippen LogP contribution is 2.10. The van der Waals surface area contributed by atoms with Gasteiger partial charge in [-0.05, 0) is 0 Å². The van der Waals surface area contributed by atoms with Crippen molar-refractivity contribution < 1.29 is 29.5 Å². The molecule has 0 aliphatic carbocycles. The van der Waals surface area contributed by atoms with Crippen LogP contribution in [0, 0.1) is 11.8 Å². The summed E-state index contributed by atoms with van der Waals surface area (Å²) in [7, 11) is 1.55. The Balaban J connectivity index is 4.03. The van der Waals surface area contributed by atoms with Gasteiger partial charge < -0.3 is 29.5 Å². The normalized spacial score (nSPS) is 16.8. The second-order valence-corrected chi connectivity index (χ2v) is 3.96. The van der Waals surface area contributed by atoms with Crippen molar-refractivity contribution in [3.63, 3.8) is 0 Å². The lowest BCUT2D eigenvalue weighted by molar-refractivity contribution is -0.189. The largest absolute Gasteiger partial charge is 0.396 e. The average Bonchev–Trinajstić information content (AvgIpc) is 2.36. The summed E-state index contributed by atoms with van der Waals surface area (Å²) in [6.45, 7) is 2.43. The van der Waals surface area contributed by atoms with Gasteiger partial charge in [0.05, 0.1) is 39.6 Å². The predicted molar refractivity (Wildman–Crippen MR) is 61.5 cm³/mol. The molecule has 0 bridgehead atoms. The van der Waals surface area contributed by atoms with Crippen molar-refractivity contribution >= 4 is 0 Å². The van der Waals surface area contributed by atoms with Gasteiger partial charge in [-0.25, -0.2) is 0 Å². The number of methoxy groups -OCH3 is 1. The summed E-state index contributed by atoms with van der Waals surface area (Å²) < 4.78 is 15.7. The Morgan fingerprint density at radius 3 is 2.18 bits per heavy atom. The maximum atomic E-state index is 9.05. The third-order valence-electron chi connectivity index (χ3n) is 2.28. The molecule has 0 heterocycles. The molecule has 3 atom stereocenters. The van der Waals surface area contributed by atoms with E-state index < -0.39 is 6.29 Å². The monoisotopic (exact) mass is 252 g/mol. The maximum Gasteiger partial charge on any atom is 0.162 e. The first kappa shape index (κ1) is 16.8. The Morgan fingerprint density at radius 2 is 1.71 bits per heavy atom. The van der Waals surface area contributed by atoms with Crippen molar-refractivity contribution in [3.05, 3.63) is 0 Å². The molecule has 0 fully saturated rings. The Labute approximate surface area is 102 Å². The van der Waals surface area contributed by atoms with E-state index in [4.69, 9.17) is 29.5 Å². The molecular weight excluding hydrogens is 228 g/mol. The number of hydrogen-bond acceptors (Lipinski definition) is 6. The van der Waals surface area contributed by atoms with E-state index in [0.717, 1.165) is 0 Å². The van der Waals surface area contributed by atoms with Crippen LogP contribution in [0.4, 0.5) is 0 Å². The van der Waals surface area contributed by atoms with Crippen LogP contribution in [-0.2, 0) is 14.2 Å². The van der Waals surface area contributed by atoms with Gasteiger partial charge in [0.15, 0.2) is 6.29 Å². The fourth-order valence-electron chi connectivity index (χ4n) is 1.25. The van der Waals surface area contributed by atoms with Crippen molar-refractivity contribution in [3.8, 4) is 0 Å². The summed E-state index contributed by atoms with van der Waals surface area (Å²) in [5.74, 6) is -0.311. The summed E-state index contributed by atoms with van der Waals surface area (Å²) in [6.07, 6.45) is -0.585. The van der Waals surface area contributed by atoms with Gasteiger partial charge in [0.1, 0.15) is 0 Å². The maximum absolute atomic E-state index is 9.05.